The first kappa shape index (κ1) is 23.7. The summed E-state index contributed by atoms with van der Waals surface area (Å²) in [6, 6.07) is 5.71. The summed E-state index contributed by atoms with van der Waals surface area (Å²) in [6.45, 7) is 8.29. The molecule has 6 nitrogen and oxygen atoms in total. The van der Waals surface area contributed by atoms with Gasteiger partial charge in [0, 0.05) is 23.5 Å². The Morgan fingerprint density at radius 2 is 1.70 bits per heavy atom. The van der Waals surface area contributed by atoms with Crippen molar-refractivity contribution < 1.29 is 31.5 Å². The molecule has 0 amide bonds. The second-order valence-electron chi connectivity index (χ2n) is 7.45. The maximum Gasteiger partial charge on any atom is 0.341 e. The van der Waals surface area contributed by atoms with Crippen molar-refractivity contribution in [1.82, 2.24) is 4.57 Å². The van der Waals surface area contributed by atoms with Crippen LogP contribution in [0.1, 0.15) is 52.4 Å². The van der Waals surface area contributed by atoms with Crippen molar-refractivity contribution in [3.8, 4) is 0 Å². The lowest BCUT2D eigenvalue weighted by Gasteiger charge is -2.11. The molecule has 0 N–H and O–H groups in total. The second kappa shape index (κ2) is 9.51. The number of ether oxygens (including phenoxy) is 1. The van der Waals surface area contributed by atoms with Gasteiger partial charge in [0.05, 0.1) is 10.5 Å². The van der Waals surface area contributed by atoms with Crippen molar-refractivity contribution in [3.05, 3.63) is 52.8 Å². The molecule has 1 heterocycles. The highest BCUT2D eigenvalue weighted by Gasteiger charge is 2.26. The molecule has 0 spiro atoms. The van der Waals surface area contributed by atoms with Gasteiger partial charge in [-0.15, -0.1) is 0 Å². The van der Waals surface area contributed by atoms with E-state index in [1.807, 2.05) is 13.8 Å². The molecule has 0 saturated heterocycles. The Balaban J connectivity index is 2.05. The number of aryl methyl sites for hydroxylation is 1. The minimum absolute atomic E-state index is 0.0431. The summed E-state index contributed by atoms with van der Waals surface area (Å²) in [5.74, 6) is -4.23. The van der Waals surface area contributed by atoms with Gasteiger partial charge in [0.15, 0.2) is 6.61 Å². The summed E-state index contributed by atoms with van der Waals surface area (Å²) < 4.78 is 55.0. The first-order chi connectivity index (χ1) is 13.9. The van der Waals surface area contributed by atoms with Crippen LogP contribution in [0.15, 0.2) is 35.2 Å². The Morgan fingerprint density at radius 3 is 2.23 bits per heavy atom. The van der Waals surface area contributed by atoms with Crippen LogP contribution in [0.2, 0.25) is 0 Å². The third kappa shape index (κ3) is 5.33. The number of esters is 1. The van der Waals surface area contributed by atoms with E-state index in [2.05, 4.69) is 18.4 Å². The quantitative estimate of drug-likeness (QED) is 0.431. The van der Waals surface area contributed by atoms with Gasteiger partial charge in [-0.3, -0.25) is 4.79 Å². The van der Waals surface area contributed by atoms with Crippen LogP contribution in [0, 0.1) is 19.8 Å². The predicted molar refractivity (Wildman–Crippen MR) is 108 cm³/mol. The predicted octanol–water partition coefficient (Wildman–Crippen LogP) is 4.19. The summed E-state index contributed by atoms with van der Waals surface area (Å²) in [7, 11) is -4.74. The molecule has 30 heavy (non-hydrogen) atoms. The normalized spacial score (nSPS) is 11.9. The highest BCUT2D eigenvalue weighted by Crippen LogP contribution is 2.20. The van der Waals surface area contributed by atoms with E-state index in [1.54, 1.807) is 6.07 Å². The molecule has 0 atom stereocenters. The Labute approximate surface area is 174 Å². The molecular formula is C21H25F2NO5S. The number of hydrogen-bond acceptors (Lipinski definition) is 5. The fraction of sp³-hybridized carbons (Fsp3) is 0.429. The zero-order chi connectivity index (χ0) is 22.6. The maximum absolute atomic E-state index is 12.6. The average molecular weight is 441 g/mol. The van der Waals surface area contributed by atoms with Gasteiger partial charge in [0.1, 0.15) is 0 Å². The Bertz CT molecular complexity index is 1020. The van der Waals surface area contributed by atoms with Crippen molar-refractivity contribution in [1.29, 1.82) is 0 Å². The van der Waals surface area contributed by atoms with Crippen LogP contribution >= 0.6 is 0 Å². The molecule has 0 bridgehead atoms. The standard InChI is InChI=1S/C21H25F2NO5S/c1-13(2)9-10-24-14(3)11-18(15(24)4)19(25)12-29-20(26)16-5-7-17(8-6-16)30(27,28)21(22)23/h5-8,11,13,21H,9-10,12H2,1-4H3. The number of sulfone groups is 1. The molecule has 0 aliphatic heterocycles. The lowest BCUT2D eigenvalue weighted by atomic mass is 10.1. The van der Waals surface area contributed by atoms with Crippen LogP contribution in [0.3, 0.4) is 0 Å². The monoisotopic (exact) mass is 441 g/mol. The minimum Gasteiger partial charge on any atom is -0.454 e. The topological polar surface area (TPSA) is 82.4 Å². The molecule has 9 heteroatoms. The number of carbonyl (C=O) groups excluding carboxylic acids is 2. The zero-order valence-corrected chi connectivity index (χ0v) is 18.1. The molecule has 1 aromatic carbocycles. The molecule has 0 unspecified atom stereocenters. The van der Waals surface area contributed by atoms with E-state index in [0.29, 0.717) is 11.5 Å². The first-order valence-corrected chi connectivity index (χ1v) is 11.0. The average Bonchev–Trinajstić information content (AvgIpc) is 2.97. The molecule has 164 valence electrons. The summed E-state index contributed by atoms with van der Waals surface area (Å²) in [6.07, 6.45) is 0.969. The molecule has 2 rings (SSSR count). The van der Waals surface area contributed by atoms with E-state index in [9.17, 15) is 26.8 Å². The number of alkyl halides is 2. The van der Waals surface area contributed by atoms with Gasteiger partial charge in [0.2, 0.25) is 15.6 Å². The van der Waals surface area contributed by atoms with E-state index in [0.717, 1.165) is 48.6 Å². The number of aromatic nitrogens is 1. The number of carbonyl (C=O) groups is 2. The fourth-order valence-corrected chi connectivity index (χ4v) is 3.71. The number of rotatable bonds is 9. The van der Waals surface area contributed by atoms with E-state index in [4.69, 9.17) is 4.74 Å². The Hall–Kier alpha value is -2.55. The van der Waals surface area contributed by atoms with E-state index in [-0.39, 0.29) is 11.3 Å². The molecule has 0 saturated carbocycles. The molecule has 0 aliphatic rings. The Morgan fingerprint density at radius 1 is 1.10 bits per heavy atom. The van der Waals surface area contributed by atoms with Gasteiger partial charge in [-0.2, -0.15) is 8.78 Å². The highest BCUT2D eigenvalue weighted by atomic mass is 32.2. The van der Waals surface area contributed by atoms with Crippen LogP contribution in [0.5, 0.6) is 0 Å². The van der Waals surface area contributed by atoms with Gasteiger partial charge in [-0.1, -0.05) is 13.8 Å². The fourth-order valence-electron chi connectivity index (χ4n) is 2.99. The van der Waals surface area contributed by atoms with Crippen molar-refractivity contribution in [3.63, 3.8) is 0 Å². The zero-order valence-electron chi connectivity index (χ0n) is 17.3. The number of ketones is 1. The molecule has 0 radical (unpaired) electrons. The number of Topliss-reactive ketones (excluding diaryl/α,β-unsaturated/α-hetero) is 1. The largest absolute Gasteiger partial charge is 0.454 e. The molecule has 1 aromatic heterocycles. The van der Waals surface area contributed by atoms with Gasteiger partial charge < -0.3 is 9.30 Å². The number of hydrogen-bond donors (Lipinski definition) is 0. The smallest absolute Gasteiger partial charge is 0.341 e. The van der Waals surface area contributed by atoms with Gasteiger partial charge in [-0.25, -0.2) is 13.2 Å². The SMILES string of the molecule is Cc1cc(C(=O)COC(=O)c2ccc(S(=O)(=O)C(F)F)cc2)c(C)n1CCC(C)C. The molecule has 0 fully saturated rings. The summed E-state index contributed by atoms with van der Waals surface area (Å²) in [5.41, 5.74) is 2.18. The van der Waals surface area contributed by atoms with Gasteiger partial charge in [0.25, 0.3) is 0 Å². The number of benzene rings is 1. The van der Waals surface area contributed by atoms with Gasteiger partial charge in [-0.05, 0) is 56.5 Å². The van der Waals surface area contributed by atoms with Crippen LogP contribution in [0.4, 0.5) is 8.78 Å². The Kier molecular flexibility index (Phi) is 7.52. The number of halogens is 2. The third-order valence-electron chi connectivity index (χ3n) is 4.79. The maximum atomic E-state index is 12.6. The van der Waals surface area contributed by atoms with Crippen LogP contribution in [0.25, 0.3) is 0 Å². The lowest BCUT2D eigenvalue weighted by molar-refractivity contribution is 0.0474. The summed E-state index contributed by atoms with van der Waals surface area (Å²) in [4.78, 5) is 24.0. The highest BCUT2D eigenvalue weighted by molar-refractivity contribution is 7.91. The lowest BCUT2D eigenvalue weighted by Crippen LogP contribution is -2.16. The second-order valence-corrected chi connectivity index (χ2v) is 9.37. The minimum atomic E-state index is -4.74. The van der Waals surface area contributed by atoms with E-state index >= 15 is 0 Å². The van der Waals surface area contributed by atoms with Gasteiger partial charge >= 0.3 is 11.7 Å². The third-order valence-corrected chi connectivity index (χ3v) is 6.19. The molecule has 0 aliphatic carbocycles. The van der Waals surface area contributed by atoms with Crippen LogP contribution in [-0.2, 0) is 21.1 Å². The molecule has 2 aromatic rings. The van der Waals surface area contributed by atoms with Crippen molar-refractivity contribution in [2.24, 2.45) is 5.92 Å². The number of nitrogens with zero attached hydrogens (tertiary/aromatic N) is 1. The van der Waals surface area contributed by atoms with E-state index < -0.39 is 33.1 Å². The first-order valence-electron chi connectivity index (χ1n) is 9.44. The van der Waals surface area contributed by atoms with Crippen LogP contribution < -0.4 is 0 Å². The van der Waals surface area contributed by atoms with E-state index in [1.165, 1.54) is 0 Å². The van der Waals surface area contributed by atoms with Crippen molar-refractivity contribution in [2.45, 2.75) is 51.3 Å². The molecular weight excluding hydrogens is 416 g/mol. The van der Waals surface area contributed by atoms with Crippen LogP contribution in [-0.4, -0.2) is 37.1 Å². The summed E-state index contributed by atoms with van der Waals surface area (Å²) >= 11 is 0. The van der Waals surface area contributed by atoms with Crippen molar-refractivity contribution in [2.75, 3.05) is 6.61 Å². The van der Waals surface area contributed by atoms with Crippen molar-refractivity contribution >= 4 is 21.6 Å². The summed E-state index contributed by atoms with van der Waals surface area (Å²) in [5, 5.41) is 0.